The Morgan fingerprint density at radius 2 is 1.86 bits per heavy atom. The van der Waals surface area contributed by atoms with Gasteiger partial charge in [0, 0.05) is 21.7 Å². The van der Waals surface area contributed by atoms with Crippen molar-refractivity contribution in [1.82, 2.24) is 5.32 Å². The van der Waals surface area contributed by atoms with Gasteiger partial charge in [0.25, 0.3) is 0 Å². The number of halogens is 2. The molecule has 0 saturated carbocycles. The quantitative estimate of drug-likeness (QED) is 0.816. The Bertz CT molecular complexity index is 601. The Hall–Kier alpha value is -1.22. The van der Waals surface area contributed by atoms with Gasteiger partial charge in [-0.15, -0.1) is 0 Å². The zero-order chi connectivity index (χ0) is 15.2. The summed E-state index contributed by atoms with van der Waals surface area (Å²) in [6, 6.07) is 13.8. The third-order valence-electron chi connectivity index (χ3n) is 3.35. The molecule has 4 heteroatoms. The topological polar surface area (TPSA) is 21.3 Å². The van der Waals surface area contributed by atoms with Crippen LogP contribution in [0.2, 0.25) is 10.0 Å². The number of likely N-dealkylation sites (N-methyl/N-ethyl adjacent to an activating group) is 1. The van der Waals surface area contributed by atoms with Crippen molar-refractivity contribution in [2.45, 2.75) is 19.4 Å². The lowest BCUT2D eigenvalue weighted by molar-refractivity contribution is 0.399. The van der Waals surface area contributed by atoms with Gasteiger partial charge in [0.15, 0.2) is 0 Å². The van der Waals surface area contributed by atoms with Gasteiger partial charge >= 0.3 is 0 Å². The normalized spacial score (nSPS) is 12.2. The lowest BCUT2D eigenvalue weighted by atomic mass is 9.98. The highest BCUT2D eigenvalue weighted by Gasteiger charge is 2.16. The van der Waals surface area contributed by atoms with Crippen LogP contribution >= 0.6 is 23.2 Å². The fourth-order valence-electron chi connectivity index (χ4n) is 2.41. The Morgan fingerprint density at radius 3 is 2.52 bits per heavy atom. The van der Waals surface area contributed by atoms with E-state index in [1.165, 1.54) is 5.56 Å². The number of ether oxygens (including phenoxy) is 1. The van der Waals surface area contributed by atoms with Crippen molar-refractivity contribution in [3.05, 3.63) is 63.6 Å². The SMILES string of the molecule is CCNC(Cc1cccc(Cl)c1)c1ccc(Cl)cc1OC. The first-order valence-electron chi connectivity index (χ1n) is 6.95. The van der Waals surface area contributed by atoms with Crippen LogP contribution in [0.4, 0.5) is 0 Å². The largest absolute Gasteiger partial charge is 0.496 e. The summed E-state index contributed by atoms with van der Waals surface area (Å²) in [6.07, 6.45) is 0.840. The van der Waals surface area contributed by atoms with E-state index in [4.69, 9.17) is 27.9 Å². The summed E-state index contributed by atoms with van der Waals surface area (Å²) < 4.78 is 5.46. The third-order valence-corrected chi connectivity index (χ3v) is 3.82. The van der Waals surface area contributed by atoms with Crippen LogP contribution in [0.1, 0.15) is 24.1 Å². The maximum absolute atomic E-state index is 6.07. The second-order valence-electron chi connectivity index (χ2n) is 4.83. The molecular weight excluding hydrogens is 305 g/mol. The molecule has 0 radical (unpaired) electrons. The van der Waals surface area contributed by atoms with E-state index in [9.17, 15) is 0 Å². The highest BCUT2D eigenvalue weighted by atomic mass is 35.5. The molecule has 0 saturated heterocycles. The lowest BCUT2D eigenvalue weighted by Gasteiger charge is -2.21. The molecule has 0 heterocycles. The van der Waals surface area contributed by atoms with E-state index in [-0.39, 0.29) is 6.04 Å². The van der Waals surface area contributed by atoms with Crippen LogP contribution in [-0.4, -0.2) is 13.7 Å². The molecule has 2 rings (SSSR count). The van der Waals surface area contributed by atoms with Crippen molar-refractivity contribution in [2.75, 3.05) is 13.7 Å². The number of benzene rings is 2. The summed E-state index contributed by atoms with van der Waals surface area (Å²) in [5, 5.41) is 4.92. The molecule has 2 aromatic rings. The highest BCUT2D eigenvalue weighted by molar-refractivity contribution is 6.31. The average molecular weight is 324 g/mol. The Morgan fingerprint density at radius 1 is 1.10 bits per heavy atom. The first-order valence-corrected chi connectivity index (χ1v) is 7.71. The standard InChI is InChI=1S/C17H19Cl2NO/c1-3-20-16(10-12-5-4-6-13(18)9-12)15-8-7-14(19)11-17(15)21-2/h4-9,11,16,20H,3,10H2,1-2H3. The maximum Gasteiger partial charge on any atom is 0.125 e. The molecule has 0 spiro atoms. The fourth-order valence-corrected chi connectivity index (χ4v) is 2.79. The minimum Gasteiger partial charge on any atom is -0.496 e. The van der Waals surface area contributed by atoms with E-state index >= 15 is 0 Å². The number of hydrogen-bond acceptors (Lipinski definition) is 2. The molecule has 0 aromatic heterocycles. The summed E-state index contributed by atoms with van der Waals surface area (Å²) >= 11 is 12.1. The summed E-state index contributed by atoms with van der Waals surface area (Å²) in [5.41, 5.74) is 2.29. The van der Waals surface area contributed by atoms with Crippen molar-refractivity contribution in [3.63, 3.8) is 0 Å². The van der Waals surface area contributed by atoms with Crippen molar-refractivity contribution >= 4 is 23.2 Å². The fraction of sp³-hybridized carbons (Fsp3) is 0.294. The molecular formula is C17H19Cl2NO. The lowest BCUT2D eigenvalue weighted by Crippen LogP contribution is -2.23. The summed E-state index contributed by atoms with van der Waals surface area (Å²) in [5.74, 6) is 0.801. The van der Waals surface area contributed by atoms with Crippen LogP contribution in [-0.2, 0) is 6.42 Å². The van der Waals surface area contributed by atoms with Crippen LogP contribution in [0.5, 0.6) is 5.75 Å². The van der Waals surface area contributed by atoms with E-state index in [0.717, 1.165) is 29.3 Å². The van der Waals surface area contributed by atoms with Gasteiger partial charge in [-0.05, 0) is 42.8 Å². The number of hydrogen-bond donors (Lipinski definition) is 1. The Labute approximate surface area is 136 Å². The molecule has 112 valence electrons. The van der Waals surface area contributed by atoms with Crippen LogP contribution in [0.3, 0.4) is 0 Å². The molecule has 0 aliphatic carbocycles. The van der Waals surface area contributed by atoms with Gasteiger partial charge in [-0.2, -0.15) is 0 Å². The second-order valence-corrected chi connectivity index (χ2v) is 5.70. The molecule has 2 nitrogen and oxygen atoms in total. The van der Waals surface area contributed by atoms with Gasteiger partial charge in [-0.25, -0.2) is 0 Å². The Balaban J connectivity index is 2.30. The van der Waals surface area contributed by atoms with Gasteiger partial charge in [0.2, 0.25) is 0 Å². The Kier molecular flexibility index (Phi) is 5.92. The van der Waals surface area contributed by atoms with Crippen LogP contribution in [0.25, 0.3) is 0 Å². The molecule has 0 bridgehead atoms. The molecule has 0 amide bonds. The monoisotopic (exact) mass is 323 g/mol. The first kappa shape index (κ1) is 16.2. The number of nitrogens with one attached hydrogen (secondary N) is 1. The average Bonchev–Trinajstić information content (AvgIpc) is 2.47. The molecule has 1 unspecified atom stereocenters. The minimum atomic E-state index is 0.153. The van der Waals surface area contributed by atoms with Crippen LogP contribution in [0, 0.1) is 0 Å². The predicted octanol–water partition coefficient (Wildman–Crippen LogP) is 4.90. The summed E-state index contributed by atoms with van der Waals surface area (Å²) in [6.45, 7) is 2.96. The number of methoxy groups -OCH3 is 1. The van der Waals surface area contributed by atoms with Gasteiger partial charge in [-0.3, -0.25) is 0 Å². The zero-order valence-corrected chi connectivity index (χ0v) is 13.7. The van der Waals surface area contributed by atoms with E-state index < -0.39 is 0 Å². The van der Waals surface area contributed by atoms with Gasteiger partial charge in [0.05, 0.1) is 7.11 Å². The van der Waals surface area contributed by atoms with Gasteiger partial charge in [-0.1, -0.05) is 48.3 Å². The molecule has 1 atom stereocenters. The highest BCUT2D eigenvalue weighted by Crippen LogP contribution is 2.30. The third kappa shape index (κ3) is 4.37. The summed E-state index contributed by atoms with van der Waals surface area (Å²) in [4.78, 5) is 0. The first-order chi connectivity index (χ1) is 10.1. The van der Waals surface area contributed by atoms with Crippen LogP contribution in [0.15, 0.2) is 42.5 Å². The van der Waals surface area contributed by atoms with E-state index in [2.05, 4.69) is 18.3 Å². The predicted molar refractivity (Wildman–Crippen MR) is 89.6 cm³/mol. The molecule has 21 heavy (non-hydrogen) atoms. The molecule has 1 N–H and O–H groups in total. The van der Waals surface area contributed by atoms with Crippen molar-refractivity contribution < 1.29 is 4.74 Å². The zero-order valence-electron chi connectivity index (χ0n) is 12.2. The van der Waals surface area contributed by atoms with Crippen molar-refractivity contribution in [3.8, 4) is 5.75 Å². The van der Waals surface area contributed by atoms with Gasteiger partial charge < -0.3 is 10.1 Å². The van der Waals surface area contributed by atoms with Gasteiger partial charge in [0.1, 0.15) is 5.75 Å². The minimum absolute atomic E-state index is 0.153. The maximum atomic E-state index is 6.07. The van der Waals surface area contributed by atoms with Crippen LogP contribution < -0.4 is 10.1 Å². The summed E-state index contributed by atoms with van der Waals surface area (Å²) in [7, 11) is 1.66. The smallest absolute Gasteiger partial charge is 0.125 e. The molecule has 0 fully saturated rings. The van der Waals surface area contributed by atoms with Crippen molar-refractivity contribution in [2.24, 2.45) is 0 Å². The molecule has 2 aromatic carbocycles. The van der Waals surface area contributed by atoms with E-state index in [1.807, 2.05) is 36.4 Å². The number of rotatable bonds is 6. The van der Waals surface area contributed by atoms with E-state index in [1.54, 1.807) is 7.11 Å². The second kappa shape index (κ2) is 7.69. The molecule has 0 aliphatic rings. The van der Waals surface area contributed by atoms with E-state index in [0.29, 0.717) is 5.02 Å². The van der Waals surface area contributed by atoms with Crippen molar-refractivity contribution in [1.29, 1.82) is 0 Å². The molecule has 0 aliphatic heterocycles.